The number of likely N-dealkylation sites (N-methyl/N-ethyl adjacent to an activating group) is 2. The van der Waals surface area contributed by atoms with Crippen LogP contribution >= 0.6 is 0 Å². The molecule has 602 valence electrons. The van der Waals surface area contributed by atoms with E-state index >= 15 is 4.39 Å². The monoisotopic (exact) mass is 1560 g/mol. The second kappa shape index (κ2) is 25.7. The Morgan fingerprint density at radius 2 is 0.814 bits per heavy atom. The number of nitrogens with one attached hydrogen (secondary N) is 5. The number of hydrogen-bond acceptors (Lipinski definition) is 23. The number of phenols is 1. The second-order valence-corrected chi connectivity index (χ2v) is 36.5. The molecule has 0 unspecified atom stereocenters. The number of phenolic OH excluding ortho intramolecular Hbond substituents is 1. The highest BCUT2D eigenvalue weighted by molar-refractivity contribution is 6.13. The van der Waals surface area contributed by atoms with Gasteiger partial charge in [-0.2, -0.15) is 0 Å². The molecule has 4 amide bonds. The van der Waals surface area contributed by atoms with Crippen molar-refractivity contribution >= 4 is 52.5 Å². The molecule has 28 heteroatoms. The highest BCUT2D eigenvalue weighted by Gasteiger charge is 2.76. The molecular weight excluding hydrogens is 1460 g/mol. The van der Waals surface area contributed by atoms with E-state index in [9.17, 15) is 78.9 Å². The van der Waals surface area contributed by atoms with Crippen LogP contribution in [0.15, 0.2) is 72.8 Å². The van der Waals surface area contributed by atoms with Crippen molar-refractivity contribution in [2.45, 2.75) is 250 Å². The van der Waals surface area contributed by atoms with Crippen LogP contribution < -0.4 is 40.8 Å². The number of aromatic hydroxyl groups is 1. The van der Waals surface area contributed by atoms with Crippen LogP contribution in [0.4, 0.5) is 4.39 Å². The fourth-order valence-electron chi connectivity index (χ4n) is 26.0. The van der Waals surface area contributed by atoms with Crippen LogP contribution in [0.2, 0.25) is 0 Å². The summed E-state index contributed by atoms with van der Waals surface area (Å²) in [5.74, 6) is 0.984. The van der Waals surface area contributed by atoms with E-state index in [-0.39, 0.29) is 90.4 Å². The number of likely N-dealkylation sites (tertiary alicyclic amines) is 3. The number of fused-ring (bicyclic) bond motifs is 4. The lowest BCUT2D eigenvalue weighted by atomic mass is 9.46. The number of alkyl halides is 1. The van der Waals surface area contributed by atoms with Crippen molar-refractivity contribution in [2.75, 3.05) is 68.1 Å². The van der Waals surface area contributed by atoms with Gasteiger partial charge in [-0.3, -0.25) is 57.9 Å². The molecule has 0 radical (unpaired) electrons. The molecule has 17 aliphatic rings. The number of amides is 4. The number of halogens is 1. The van der Waals surface area contributed by atoms with E-state index in [0.29, 0.717) is 168 Å². The lowest BCUT2D eigenvalue weighted by molar-refractivity contribution is -0.203. The first-order valence-electron chi connectivity index (χ1n) is 40.2. The van der Waals surface area contributed by atoms with Crippen LogP contribution in [0.25, 0.3) is 0 Å². The summed E-state index contributed by atoms with van der Waals surface area (Å²) >= 11 is 0. The SMILES string of the molecule is CN1CC[C@]23C[C@]4(CC[C@@]2(O)[C@H]1[C@H](O)c1ccc(O)cc13)NC(=O)CC4=O.COc1ccc2c(c1)[C@]13CCN(C)[C@H]([C@@H]2O)[C@]1(O)CC[C@@]1(C3)NC(=O)CC1=O.COc1ccc2c(c1)[C@]13CCN(CC4CC4)[C@H]([C@@H]2F)[C@]1(O)CC[C@@]1(C3)NC(=O)CC1=O.COc1ccc2c(c1)[C@]13CCN[C@H](C2=O)[C@]1(O)CC[C@@]1(C3)NC(=O)CC1=O. The van der Waals surface area contributed by atoms with Gasteiger partial charge in [-0.25, -0.2) is 4.39 Å². The van der Waals surface area contributed by atoms with E-state index in [1.165, 1.54) is 12.8 Å². The zero-order valence-corrected chi connectivity index (χ0v) is 64.4. The molecule has 8 bridgehead atoms. The van der Waals surface area contributed by atoms with E-state index in [2.05, 4.69) is 31.5 Å². The highest BCUT2D eigenvalue weighted by atomic mass is 19.1. The Morgan fingerprint density at radius 1 is 0.442 bits per heavy atom. The summed E-state index contributed by atoms with van der Waals surface area (Å²) in [6, 6.07) is 18.9. The summed E-state index contributed by atoms with van der Waals surface area (Å²) in [5, 5.41) is 95.3. The maximum absolute atomic E-state index is 16.1. The zero-order chi connectivity index (χ0) is 79.7. The minimum absolute atomic E-state index is 0.0662. The molecule has 12 N–H and O–H groups in total. The van der Waals surface area contributed by atoms with E-state index in [4.69, 9.17) is 14.2 Å². The lowest BCUT2D eigenvalue weighted by Crippen LogP contribution is -2.77. The Labute approximate surface area is 652 Å². The van der Waals surface area contributed by atoms with Crippen molar-refractivity contribution in [3.63, 3.8) is 0 Å². The number of ether oxygens (including phenoxy) is 3. The number of benzene rings is 4. The van der Waals surface area contributed by atoms with Crippen molar-refractivity contribution in [3.05, 3.63) is 117 Å². The molecule has 9 aliphatic carbocycles. The molecule has 113 heavy (non-hydrogen) atoms. The maximum atomic E-state index is 16.1. The van der Waals surface area contributed by atoms with Gasteiger partial charge in [-0.05, 0) is 255 Å². The Bertz CT molecular complexity index is 4810. The number of aliphatic hydroxyl groups is 6. The van der Waals surface area contributed by atoms with Crippen LogP contribution in [0, 0.1) is 5.92 Å². The summed E-state index contributed by atoms with van der Waals surface area (Å²) < 4.78 is 32.4. The van der Waals surface area contributed by atoms with Crippen LogP contribution in [-0.4, -0.2) is 240 Å². The Kier molecular flexibility index (Phi) is 17.3. The molecule has 21 rings (SSSR count). The topological polar surface area (TPSA) is 393 Å². The number of piperidine rings is 4. The van der Waals surface area contributed by atoms with Gasteiger partial charge in [0, 0.05) is 33.8 Å². The molecule has 5 saturated carbocycles. The highest BCUT2D eigenvalue weighted by Crippen LogP contribution is 2.68. The van der Waals surface area contributed by atoms with E-state index in [1.54, 1.807) is 63.8 Å². The molecule has 13 fully saturated rings. The minimum atomic E-state index is -1.30. The third-order valence-electron chi connectivity index (χ3n) is 31.6. The summed E-state index contributed by atoms with van der Waals surface area (Å²) in [6.45, 7) is 3.40. The van der Waals surface area contributed by atoms with Gasteiger partial charge >= 0.3 is 0 Å². The number of carbonyl (C=O) groups is 9. The van der Waals surface area contributed by atoms with E-state index < -0.39 is 109 Å². The first kappa shape index (κ1) is 76.2. The molecule has 4 aromatic carbocycles. The first-order chi connectivity index (χ1) is 53.7. The standard InChI is InChI=1S/C24H29FN2O4.C21H26N2O5.C20H24N2O5.C20H22N2O5/c1-31-15-4-5-16-17(10-15)22-8-9-27(12-14-2-3-14)21(20(16)25)24(22,30)7-6-23(13-22)18(28)11-19(29)26-23;1-23-8-7-19-11-20(15(24)10-16(25)22-20)5-6-21(19,27)18(23)17(26)13-4-3-12(28-2)9-14(13)19;1-22-7-6-18-10-19(14(24)9-15(25)21-19)4-5-20(18,27)17(22)16(26)12-3-2-11(23)8-13(12)18;1-27-11-2-3-12-13(8-11)18-6-7-21-17(16(12)25)20(18,26)5-4-19(10-18)14(23)9-15(24)22-19/h4-5,10,14,20-21,30H,2-3,6-9,11-13H2,1H3,(H,26,29);3-4,9,17-18,26-27H,5-8,10-11H2,1-2H3,(H,22,25);2-3,8,16-17,23,26-27H,4-7,9-10H2,1H3,(H,21,25);2-3,8,17,21,26H,4-7,9-10H2,1H3,(H,22,24)/t20-,21-,22-,23+,24-;17-,18-,19-,20+,21-;16-,17-,18-,19+,20-;17-,18-,19+,20-/m1111/s1. The third kappa shape index (κ3) is 10.4. The van der Waals surface area contributed by atoms with Gasteiger partial charge in [0.15, 0.2) is 28.9 Å². The normalized spacial score (nSPS) is 41.7. The number of hydrogen-bond donors (Lipinski definition) is 12. The molecule has 4 aromatic rings. The number of rotatable bonds is 5. The van der Waals surface area contributed by atoms with Crippen LogP contribution in [0.5, 0.6) is 23.0 Å². The number of ketones is 5. The van der Waals surface area contributed by atoms with Crippen molar-refractivity contribution in [1.29, 1.82) is 0 Å². The predicted molar refractivity (Wildman–Crippen MR) is 400 cm³/mol. The maximum Gasteiger partial charge on any atom is 0.228 e. The van der Waals surface area contributed by atoms with Gasteiger partial charge in [-0.1, -0.05) is 18.2 Å². The summed E-state index contributed by atoms with van der Waals surface area (Å²) in [4.78, 5) is 119. The number of methoxy groups -OCH3 is 3. The number of aliphatic hydroxyl groups excluding tert-OH is 2. The van der Waals surface area contributed by atoms with Crippen LogP contribution in [-0.2, 0) is 60.0 Å². The molecule has 0 aromatic heterocycles. The lowest BCUT2D eigenvalue weighted by Gasteiger charge is -2.66. The smallest absolute Gasteiger partial charge is 0.228 e. The zero-order valence-electron chi connectivity index (χ0n) is 64.4. The Morgan fingerprint density at radius 3 is 1.24 bits per heavy atom. The predicted octanol–water partition coefficient (Wildman–Crippen LogP) is 2.97. The molecule has 8 saturated heterocycles. The van der Waals surface area contributed by atoms with Crippen molar-refractivity contribution in [3.8, 4) is 23.0 Å². The van der Waals surface area contributed by atoms with Gasteiger partial charge in [0.1, 0.15) is 57.4 Å². The minimum Gasteiger partial charge on any atom is -0.508 e. The van der Waals surface area contributed by atoms with Gasteiger partial charge in [0.05, 0.1) is 99.8 Å². The third-order valence-corrected chi connectivity index (χ3v) is 31.6. The summed E-state index contributed by atoms with van der Waals surface area (Å²) in [7, 11) is 8.55. The first-order valence-corrected chi connectivity index (χ1v) is 40.2. The molecule has 8 heterocycles. The second-order valence-electron chi connectivity index (χ2n) is 36.5. The number of carbonyl (C=O) groups excluding carboxylic acids is 9. The van der Waals surface area contributed by atoms with Crippen molar-refractivity contribution < 1.29 is 97.5 Å². The van der Waals surface area contributed by atoms with E-state index in [0.717, 1.165) is 28.8 Å². The quantitative estimate of drug-likeness (QED) is 0.128. The Balaban J connectivity index is 0.000000105. The fourth-order valence-corrected chi connectivity index (χ4v) is 26.0. The average Bonchev–Trinajstić information content (AvgIpc) is 1.59. The molecule has 8 aliphatic heterocycles. The van der Waals surface area contributed by atoms with E-state index in [1.807, 2.05) is 54.2 Å². The molecular formula is C85H101FN8O19. The average molecular weight is 1560 g/mol. The molecule has 27 nitrogen and oxygen atoms in total. The van der Waals surface area contributed by atoms with Gasteiger partial charge < -0.3 is 76.5 Å². The van der Waals surface area contributed by atoms with Gasteiger partial charge in [-0.15, -0.1) is 0 Å². The van der Waals surface area contributed by atoms with Crippen molar-refractivity contribution in [2.24, 2.45) is 5.92 Å². The van der Waals surface area contributed by atoms with Gasteiger partial charge in [0.25, 0.3) is 0 Å². The number of nitrogens with zero attached hydrogens (tertiary/aromatic N) is 3. The van der Waals surface area contributed by atoms with Crippen molar-refractivity contribution in [1.82, 2.24) is 41.3 Å². The van der Waals surface area contributed by atoms with Gasteiger partial charge in [0.2, 0.25) is 23.6 Å². The number of Topliss-reactive ketones (excluding diaryl/α,β-unsaturated/α-hetero) is 5. The Hall–Kier alpha value is -8.16. The van der Waals surface area contributed by atoms with Crippen LogP contribution in [0.1, 0.15) is 209 Å². The summed E-state index contributed by atoms with van der Waals surface area (Å²) in [5.41, 5.74) is -6.27. The largest absolute Gasteiger partial charge is 0.508 e. The molecule has 4 spiro atoms. The fraction of sp³-hybridized carbons (Fsp3) is 0.612. The summed E-state index contributed by atoms with van der Waals surface area (Å²) in [6.07, 6.45) is 5.32. The van der Waals surface area contributed by atoms with Crippen LogP contribution in [0.3, 0.4) is 0 Å². The molecule has 19 atom stereocenters.